The van der Waals surface area contributed by atoms with Gasteiger partial charge in [0.25, 0.3) is 0 Å². The second-order valence-electron chi connectivity index (χ2n) is 11.9. The van der Waals surface area contributed by atoms with Crippen LogP contribution in [0.5, 0.6) is 0 Å². The molecule has 0 aliphatic carbocycles. The van der Waals surface area contributed by atoms with E-state index in [9.17, 15) is 0 Å². The second-order valence-corrected chi connectivity index (χ2v) is 11.9. The van der Waals surface area contributed by atoms with Crippen molar-refractivity contribution in [3.63, 3.8) is 0 Å². The van der Waals surface area contributed by atoms with Gasteiger partial charge in [0.2, 0.25) is 0 Å². The quantitative estimate of drug-likeness (QED) is 0.197. The van der Waals surface area contributed by atoms with E-state index in [-0.39, 0.29) is 0 Å². The summed E-state index contributed by atoms with van der Waals surface area (Å²) in [5.41, 5.74) is 7.98. The highest BCUT2D eigenvalue weighted by Crippen LogP contribution is 2.44. The monoisotopic (exact) mass is 615 g/mol. The Labute approximate surface area is 274 Å². The molecule has 0 aliphatic heterocycles. The number of para-hydroxylation sites is 2. The lowest BCUT2D eigenvalue weighted by atomic mass is 9.98. The van der Waals surface area contributed by atoms with Crippen LogP contribution in [0.25, 0.3) is 99.9 Å². The summed E-state index contributed by atoms with van der Waals surface area (Å²) < 4.78 is 13.4. The van der Waals surface area contributed by atoms with Crippen LogP contribution in [-0.2, 0) is 0 Å². The molecular weight excluding hydrogens is 590 g/mol. The van der Waals surface area contributed by atoms with Crippen molar-refractivity contribution >= 4 is 54.6 Å². The lowest BCUT2D eigenvalue weighted by Gasteiger charge is -2.09. The van der Waals surface area contributed by atoms with Crippen molar-refractivity contribution in [2.75, 3.05) is 0 Å². The first-order chi connectivity index (χ1) is 23.8. The van der Waals surface area contributed by atoms with Crippen LogP contribution in [0.2, 0.25) is 0 Å². The molecule has 0 aliphatic rings. The molecule has 0 radical (unpaired) electrons. The number of furan rings is 2. The van der Waals surface area contributed by atoms with Crippen LogP contribution in [0.15, 0.2) is 160 Å². The van der Waals surface area contributed by atoms with E-state index in [1.807, 2.05) is 72.8 Å². The van der Waals surface area contributed by atoms with Crippen molar-refractivity contribution in [3.05, 3.63) is 152 Å². The summed E-state index contributed by atoms with van der Waals surface area (Å²) in [5.74, 6) is 1.83. The molecule has 0 atom stereocenters. The van der Waals surface area contributed by atoms with E-state index in [1.54, 1.807) is 0 Å². The topological polar surface area (TPSA) is 65.0 Å². The minimum Gasteiger partial charge on any atom is -0.455 e. The van der Waals surface area contributed by atoms with Gasteiger partial charge < -0.3 is 8.83 Å². The number of hydrogen-bond donors (Lipinski definition) is 0. The zero-order valence-corrected chi connectivity index (χ0v) is 25.6. The largest absolute Gasteiger partial charge is 0.455 e. The van der Waals surface area contributed by atoms with E-state index >= 15 is 0 Å². The van der Waals surface area contributed by atoms with Gasteiger partial charge in [-0.15, -0.1) is 0 Å². The molecule has 3 aromatic heterocycles. The Bertz CT molecular complexity index is 2780. The molecule has 10 aromatic rings. The molecule has 0 spiro atoms. The molecule has 0 N–H and O–H groups in total. The van der Waals surface area contributed by atoms with Crippen molar-refractivity contribution in [2.45, 2.75) is 0 Å². The molecule has 0 unspecified atom stereocenters. The first kappa shape index (κ1) is 26.6. The zero-order chi connectivity index (χ0) is 31.6. The maximum atomic E-state index is 6.71. The predicted molar refractivity (Wildman–Crippen MR) is 194 cm³/mol. The predicted octanol–water partition coefficient (Wildman–Crippen LogP) is 11.5. The lowest BCUT2D eigenvalue weighted by molar-refractivity contribution is 0.666. The van der Waals surface area contributed by atoms with Gasteiger partial charge in [-0.3, -0.25) is 0 Å². The molecule has 224 valence electrons. The van der Waals surface area contributed by atoms with Gasteiger partial charge in [0, 0.05) is 54.7 Å². The maximum absolute atomic E-state index is 6.71. The molecule has 5 nitrogen and oxygen atoms in total. The number of benzene rings is 7. The average molecular weight is 616 g/mol. The fourth-order valence-corrected chi connectivity index (χ4v) is 6.91. The molecule has 0 amide bonds. The Morgan fingerprint density at radius 1 is 0.333 bits per heavy atom. The molecule has 0 saturated heterocycles. The molecule has 7 aromatic carbocycles. The summed E-state index contributed by atoms with van der Waals surface area (Å²) in [6.07, 6.45) is 0. The summed E-state index contributed by atoms with van der Waals surface area (Å²) in [6.45, 7) is 0. The van der Waals surface area contributed by atoms with Crippen LogP contribution in [-0.4, -0.2) is 15.0 Å². The summed E-state index contributed by atoms with van der Waals surface area (Å²) in [7, 11) is 0. The third-order valence-electron chi connectivity index (χ3n) is 9.14. The van der Waals surface area contributed by atoms with E-state index in [0.717, 1.165) is 82.5 Å². The SMILES string of the molecule is c1ccc(-c2nc(-c3ccccc3)nc(-c3cccc4oc5c(-c6cccc7c6oc6c8ccccc8ccc76)cccc5c34)n2)cc1. The molecule has 48 heavy (non-hydrogen) atoms. The molecule has 5 heteroatoms. The highest BCUT2D eigenvalue weighted by molar-refractivity contribution is 6.20. The van der Waals surface area contributed by atoms with Crippen molar-refractivity contribution in [2.24, 2.45) is 0 Å². The van der Waals surface area contributed by atoms with E-state index in [2.05, 4.69) is 78.9 Å². The van der Waals surface area contributed by atoms with Gasteiger partial charge in [-0.05, 0) is 17.5 Å². The minimum absolute atomic E-state index is 0.590. The van der Waals surface area contributed by atoms with Gasteiger partial charge in [0.05, 0.1) is 0 Å². The Morgan fingerprint density at radius 2 is 0.875 bits per heavy atom. The van der Waals surface area contributed by atoms with Crippen LogP contribution < -0.4 is 0 Å². The molecule has 0 bridgehead atoms. The zero-order valence-electron chi connectivity index (χ0n) is 25.6. The van der Waals surface area contributed by atoms with Crippen LogP contribution in [0, 0.1) is 0 Å². The average Bonchev–Trinajstić information content (AvgIpc) is 3.75. The number of fused-ring (bicyclic) bond motifs is 8. The first-order valence-corrected chi connectivity index (χ1v) is 15.9. The van der Waals surface area contributed by atoms with E-state index < -0.39 is 0 Å². The van der Waals surface area contributed by atoms with Crippen molar-refractivity contribution in [1.82, 2.24) is 15.0 Å². The molecule has 0 fully saturated rings. The number of rotatable bonds is 4. The van der Waals surface area contributed by atoms with Gasteiger partial charge in [-0.25, -0.2) is 15.0 Å². The van der Waals surface area contributed by atoms with E-state index in [4.69, 9.17) is 23.8 Å². The van der Waals surface area contributed by atoms with Gasteiger partial charge >= 0.3 is 0 Å². The Kier molecular flexibility index (Phi) is 5.81. The summed E-state index contributed by atoms with van der Waals surface area (Å²) in [5, 5.41) is 6.38. The highest BCUT2D eigenvalue weighted by Gasteiger charge is 2.21. The fourth-order valence-electron chi connectivity index (χ4n) is 6.91. The standard InChI is InChI=1S/C43H25N3O2/c1-3-13-27(14-4-1)41-44-42(28-15-5-2-6-16-28)46-43(45-41)35-22-11-23-36-37(35)34-21-10-20-31(40(34)47-36)30-18-9-19-32-33-25-24-26-12-7-8-17-29(26)38(33)48-39(30)32/h1-25H. The van der Waals surface area contributed by atoms with Gasteiger partial charge in [-0.1, -0.05) is 140 Å². The van der Waals surface area contributed by atoms with Crippen LogP contribution in [0.1, 0.15) is 0 Å². The summed E-state index contributed by atoms with van der Waals surface area (Å²) in [6, 6.07) is 51.4. The number of hydrogen-bond acceptors (Lipinski definition) is 5. The number of nitrogens with zero attached hydrogens (tertiary/aromatic N) is 3. The molecule has 3 heterocycles. The van der Waals surface area contributed by atoms with E-state index in [0.29, 0.717) is 17.5 Å². The van der Waals surface area contributed by atoms with Gasteiger partial charge in [0.15, 0.2) is 17.5 Å². The van der Waals surface area contributed by atoms with Crippen LogP contribution >= 0.6 is 0 Å². The molecule has 10 rings (SSSR count). The second kappa shape index (κ2) is 10.5. The Balaban J connectivity index is 1.21. The third-order valence-corrected chi connectivity index (χ3v) is 9.14. The normalized spacial score (nSPS) is 11.8. The van der Waals surface area contributed by atoms with Gasteiger partial charge in [-0.2, -0.15) is 0 Å². The van der Waals surface area contributed by atoms with Crippen molar-refractivity contribution in [3.8, 4) is 45.3 Å². The smallest absolute Gasteiger partial charge is 0.164 e. The summed E-state index contributed by atoms with van der Waals surface area (Å²) in [4.78, 5) is 14.9. The summed E-state index contributed by atoms with van der Waals surface area (Å²) >= 11 is 0. The fraction of sp³-hybridized carbons (Fsp3) is 0. The first-order valence-electron chi connectivity index (χ1n) is 15.9. The molecular formula is C43H25N3O2. The highest BCUT2D eigenvalue weighted by atomic mass is 16.3. The van der Waals surface area contributed by atoms with Crippen molar-refractivity contribution < 1.29 is 8.83 Å². The van der Waals surface area contributed by atoms with Crippen LogP contribution in [0.3, 0.4) is 0 Å². The minimum atomic E-state index is 0.590. The van der Waals surface area contributed by atoms with Gasteiger partial charge in [0.1, 0.15) is 22.3 Å². The Morgan fingerprint density at radius 3 is 1.60 bits per heavy atom. The molecule has 0 saturated carbocycles. The van der Waals surface area contributed by atoms with E-state index in [1.165, 1.54) is 0 Å². The van der Waals surface area contributed by atoms with Crippen molar-refractivity contribution in [1.29, 1.82) is 0 Å². The van der Waals surface area contributed by atoms with Crippen LogP contribution in [0.4, 0.5) is 0 Å². The lowest BCUT2D eigenvalue weighted by Crippen LogP contribution is -2.00. The third kappa shape index (κ3) is 4.08. The number of aromatic nitrogens is 3. The maximum Gasteiger partial charge on any atom is 0.164 e. The Hall–Kier alpha value is -6.59.